The second-order valence-electron chi connectivity index (χ2n) is 5.36. The van der Waals surface area contributed by atoms with Crippen molar-refractivity contribution >= 4 is 17.6 Å². The van der Waals surface area contributed by atoms with Crippen LogP contribution in [0.1, 0.15) is 40.1 Å². The molecule has 0 aliphatic carbocycles. The number of ether oxygens (including phenoxy) is 1. The highest BCUT2D eigenvalue weighted by molar-refractivity contribution is 6.04. The summed E-state index contributed by atoms with van der Waals surface area (Å²) >= 11 is 0. The molecule has 4 nitrogen and oxygen atoms in total. The molecule has 0 spiro atoms. The Bertz CT molecular complexity index is 675. The van der Waals surface area contributed by atoms with Gasteiger partial charge in [-0.15, -0.1) is 0 Å². The molecule has 22 heavy (non-hydrogen) atoms. The van der Waals surface area contributed by atoms with Crippen LogP contribution in [0.2, 0.25) is 0 Å². The van der Waals surface area contributed by atoms with E-state index in [0.717, 1.165) is 5.56 Å². The number of carbonyl (C=O) groups excluding carboxylic acids is 2. The van der Waals surface area contributed by atoms with E-state index in [1.807, 2.05) is 19.1 Å². The van der Waals surface area contributed by atoms with Crippen LogP contribution in [-0.2, 0) is 4.74 Å². The van der Waals surface area contributed by atoms with E-state index < -0.39 is 5.97 Å². The molecule has 0 fully saturated rings. The van der Waals surface area contributed by atoms with Crippen LogP contribution in [0.25, 0.3) is 0 Å². The Morgan fingerprint density at radius 3 is 2.32 bits per heavy atom. The topological polar surface area (TPSA) is 55.4 Å². The van der Waals surface area contributed by atoms with Crippen molar-refractivity contribution in [2.45, 2.75) is 26.9 Å². The van der Waals surface area contributed by atoms with Gasteiger partial charge >= 0.3 is 5.97 Å². The summed E-state index contributed by atoms with van der Waals surface area (Å²) in [6, 6.07) is 14.0. The second-order valence-corrected chi connectivity index (χ2v) is 5.36. The zero-order valence-corrected chi connectivity index (χ0v) is 12.9. The molecule has 114 valence electrons. The Labute approximate surface area is 130 Å². The van der Waals surface area contributed by atoms with E-state index in [1.54, 1.807) is 50.2 Å². The first kappa shape index (κ1) is 15.8. The van der Waals surface area contributed by atoms with Gasteiger partial charge in [0.1, 0.15) is 0 Å². The molecule has 0 unspecified atom stereocenters. The number of carbonyl (C=O) groups is 2. The number of hydrogen-bond donors (Lipinski definition) is 1. The van der Waals surface area contributed by atoms with E-state index in [-0.39, 0.29) is 12.0 Å². The Morgan fingerprint density at radius 2 is 1.68 bits per heavy atom. The molecule has 1 amide bonds. The average molecular weight is 297 g/mol. The van der Waals surface area contributed by atoms with E-state index in [0.29, 0.717) is 16.8 Å². The minimum absolute atomic E-state index is 0.182. The number of esters is 1. The van der Waals surface area contributed by atoms with Crippen molar-refractivity contribution < 1.29 is 14.3 Å². The third kappa shape index (κ3) is 4.19. The summed E-state index contributed by atoms with van der Waals surface area (Å²) in [5.74, 6) is -0.615. The van der Waals surface area contributed by atoms with Crippen LogP contribution in [0.15, 0.2) is 48.5 Å². The van der Waals surface area contributed by atoms with Gasteiger partial charge in [-0.25, -0.2) is 4.79 Å². The fourth-order valence-electron chi connectivity index (χ4n) is 1.91. The Balaban J connectivity index is 2.11. The minimum atomic E-state index is -0.401. The molecule has 1 N–H and O–H groups in total. The van der Waals surface area contributed by atoms with Gasteiger partial charge in [0, 0.05) is 11.3 Å². The van der Waals surface area contributed by atoms with Gasteiger partial charge < -0.3 is 10.1 Å². The van der Waals surface area contributed by atoms with Crippen molar-refractivity contribution in [3.05, 3.63) is 65.2 Å². The molecule has 0 aliphatic rings. The lowest BCUT2D eigenvalue weighted by Gasteiger charge is -2.10. The van der Waals surface area contributed by atoms with Crippen LogP contribution < -0.4 is 5.32 Å². The number of benzene rings is 2. The fraction of sp³-hybridized carbons (Fsp3) is 0.222. The number of aryl methyl sites for hydroxylation is 1. The van der Waals surface area contributed by atoms with Gasteiger partial charge in [-0.3, -0.25) is 4.79 Å². The predicted molar refractivity (Wildman–Crippen MR) is 86.1 cm³/mol. The quantitative estimate of drug-likeness (QED) is 0.873. The van der Waals surface area contributed by atoms with E-state index in [1.165, 1.54) is 0 Å². The molecule has 0 heterocycles. The van der Waals surface area contributed by atoms with Gasteiger partial charge in [-0.1, -0.05) is 23.8 Å². The molecule has 0 saturated carbocycles. The lowest BCUT2D eigenvalue weighted by atomic mass is 10.1. The van der Waals surface area contributed by atoms with Gasteiger partial charge in [0.05, 0.1) is 11.7 Å². The third-order valence-corrected chi connectivity index (χ3v) is 3.01. The van der Waals surface area contributed by atoms with E-state index in [4.69, 9.17) is 4.74 Å². The van der Waals surface area contributed by atoms with Crippen LogP contribution in [0.4, 0.5) is 5.69 Å². The molecular formula is C18H19NO3. The smallest absolute Gasteiger partial charge is 0.338 e. The van der Waals surface area contributed by atoms with E-state index in [9.17, 15) is 9.59 Å². The van der Waals surface area contributed by atoms with Gasteiger partial charge in [0.15, 0.2) is 0 Å². The van der Waals surface area contributed by atoms with Crippen molar-refractivity contribution in [2.75, 3.05) is 5.32 Å². The molecule has 0 bridgehead atoms. The molecule has 4 heteroatoms. The number of nitrogens with one attached hydrogen (secondary N) is 1. The highest BCUT2D eigenvalue weighted by Gasteiger charge is 2.11. The first-order valence-electron chi connectivity index (χ1n) is 7.15. The summed E-state index contributed by atoms with van der Waals surface area (Å²) in [5, 5.41) is 2.78. The van der Waals surface area contributed by atoms with Gasteiger partial charge in [-0.2, -0.15) is 0 Å². The maximum Gasteiger partial charge on any atom is 0.338 e. The first-order valence-corrected chi connectivity index (χ1v) is 7.15. The number of hydrogen-bond acceptors (Lipinski definition) is 3. The molecule has 2 aromatic rings. The summed E-state index contributed by atoms with van der Waals surface area (Å²) in [6.07, 6.45) is -0.182. The van der Waals surface area contributed by atoms with Gasteiger partial charge in [0.25, 0.3) is 5.91 Å². The zero-order chi connectivity index (χ0) is 16.1. The molecule has 2 aromatic carbocycles. The Morgan fingerprint density at radius 1 is 1.00 bits per heavy atom. The van der Waals surface area contributed by atoms with Crippen molar-refractivity contribution in [1.82, 2.24) is 0 Å². The van der Waals surface area contributed by atoms with E-state index in [2.05, 4.69) is 5.32 Å². The highest BCUT2D eigenvalue weighted by atomic mass is 16.5. The van der Waals surface area contributed by atoms with Crippen LogP contribution >= 0.6 is 0 Å². The second kappa shape index (κ2) is 6.89. The summed E-state index contributed by atoms with van der Waals surface area (Å²) in [5.41, 5.74) is 2.63. The summed E-state index contributed by atoms with van der Waals surface area (Å²) in [4.78, 5) is 24.0. The maximum absolute atomic E-state index is 12.2. The zero-order valence-electron chi connectivity index (χ0n) is 12.9. The first-order chi connectivity index (χ1) is 10.5. The SMILES string of the molecule is Cc1ccc(C(=O)Nc2cccc(C(=O)OC(C)C)c2)cc1. The molecule has 0 aromatic heterocycles. The Kier molecular flexibility index (Phi) is 4.94. The monoisotopic (exact) mass is 297 g/mol. The summed E-state index contributed by atoms with van der Waals surface area (Å²) in [7, 11) is 0. The number of amides is 1. The Hall–Kier alpha value is -2.62. The third-order valence-electron chi connectivity index (χ3n) is 3.01. The minimum Gasteiger partial charge on any atom is -0.459 e. The largest absolute Gasteiger partial charge is 0.459 e. The predicted octanol–water partition coefficient (Wildman–Crippen LogP) is 3.81. The van der Waals surface area contributed by atoms with Gasteiger partial charge in [-0.05, 0) is 51.1 Å². The van der Waals surface area contributed by atoms with Crippen molar-refractivity contribution in [1.29, 1.82) is 0 Å². The fourth-order valence-corrected chi connectivity index (χ4v) is 1.91. The molecule has 2 rings (SSSR count). The molecule has 0 radical (unpaired) electrons. The van der Waals surface area contributed by atoms with E-state index >= 15 is 0 Å². The van der Waals surface area contributed by atoms with Crippen LogP contribution in [0, 0.1) is 6.92 Å². The molecule has 0 atom stereocenters. The van der Waals surface area contributed by atoms with Crippen molar-refractivity contribution in [3.8, 4) is 0 Å². The normalized spacial score (nSPS) is 10.4. The molecule has 0 aliphatic heterocycles. The molecule has 0 saturated heterocycles. The lowest BCUT2D eigenvalue weighted by Crippen LogP contribution is -2.14. The average Bonchev–Trinajstić information content (AvgIpc) is 2.47. The maximum atomic E-state index is 12.2. The summed E-state index contributed by atoms with van der Waals surface area (Å²) < 4.78 is 5.14. The van der Waals surface area contributed by atoms with Crippen LogP contribution in [-0.4, -0.2) is 18.0 Å². The van der Waals surface area contributed by atoms with Gasteiger partial charge in [0.2, 0.25) is 0 Å². The molecular weight excluding hydrogens is 278 g/mol. The number of anilines is 1. The van der Waals surface area contributed by atoms with Crippen molar-refractivity contribution in [3.63, 3.8) is 0 Å². The number of rotatable bonds is 4. The summed E-state index contributed by atoms with van der Waals surface area (Å²) in [6.45, 7) is 5.55. The highest BCUT2D eigenvalue weighted by Crippen LogP contribution is 2.14. The van der Waals surface area contributed by atoms with Crippen LogP contribution in [0.5, 0.6) is 0 Å². The van der Waals surface area contributed by atoms with Crippen LogP contribution in [0.3, 0.4) is 0 Å². The lowest BCUT2D eigenvalue weighted by molar-refractivity contribution is 0.0378. The van der Waals surface area contributed by atoms with Crippen molar-refractivity contribution in [2.24, 2.45) is 0 Å². The standard InChI is InChI=1S/C18H19NO3/c1-12(2)22-18(21)15-5-4-6-16(11-15)19-17(20)14-9-7-13(3)8-10-14/h4-12H,1-3H3,(H,19,20).